The number of furan rings is 1. The molecule has 0 saturated heterocycles. The van der Waals surface area contributed by atoms with Gasteiger partial charge in [0.1, 0.15) is 12.3 Å². The summed E-state index contributed by atoms with van der Waals surface area (Å²) in [6, 6.07) is 16.7. The molecule has 2 heterocycles. The number of benzene rings is 1. The van der Waals surface area contributed by atoms with Crippen molar-refractivity contribution in [2.75, 3.05) is 13.1 Å². The Hall–Kier alpha value is -3.28. The van der Waals surface area contributed by atoms with E-state index in [1.807, 2.05) is 67.2 Å². The van der Waals surface area contributed by atoms with E-state index in [0.29, 0.717) is 31.0 Å². The van der Waals surface area contributed by atoms with Crippen molar-refractivity contribution in [2.45, 2.75) is 26.4 Å². The molecular formula is C23H27N3O3. The van der Waals surface area contributed by atoms with Crippen molar-refractivity contribution in [3.8, 4) is 0 Å². The Morgan fingerprint density at radius 1 is 0.966 bits per heavy atom. The standard InChI is InChI=1S/C23H27N3O3/c1-3-13-25(23(28)19-9-5-4-6-10-19)18-22(27)26(17-21-12-8-15-29-21)16-20-11-7-14-24(20)2/h4-12,14-15H,3,13,16-18H2,1-2H3. The Bertz CT molecular complexity index is 916. The summed E-state index contributed by atoms with van der Waals surface area (Å²) in [7, 11) is 1.95. The third-order valence-corrected chi connectivity index (χ3v) is 4.81. The molecule has 6 heteroatoms. The fourth-order valence-electron chi connectivity index (χ4n) is 3.23. The highest BCUT2D eigenvalue weighted by atomic mass is 16.3. The Balaban J connectivity index is 1.77. The molecule has 2 amide bonds. The molecule has 1 aromatic carbocycles. The molecule has 0 aliphatic rings. The Labute approximate surface area is 171 Å². The average Bonchev–Trinajstić information content (AvgIpc) is 3.39. The first-order valence-corrected chi connectivity index (χ1v) is 9.83. The van der Waals surface area contributed by atoms with Gasteiger partial charge in [0.2, 0.25) is 5.91 Å². The number of aromatic nitrogens is 1. The van der Waals surface area contributed by atoms with Crippen LogP contribution < -0.4 is 0 Å². The molecule has 3 rings (SSSR count). The molecule has 0 aliphatic carbocycles. The van der Waals surface area contributed by atoms with E-state index < -0.39 is 0 Å². The summed E-state index contributed by atoms with van der Waals surface area (Å²) in [5, 5.41) is 0. The number of carbonyl (C=O) groups is 2. The van der Waals surface area contributed by atoms with Crippen LogP contribution in [0.25, 0.3) is 0 Å². The number of nitrogens with zero attached hydrogens (tertiary/aromatic N) is 3. The monoisotopic (exact) mass is 393 g/mol. The van der Waals surface area contributed by atoms with Crippen molar-refractivity contribution in [1.82, 2.24) is 14.4 Å². The van der Waals surface area contributed by atoms with Crippen LogP contribution in [0.4, 0.5) is 0 Å². The van der Waals surface area contributed by atoms with Crippen molar-refractivity contribution in [3.05, 3.63) is 84.1 Å². The largest absolute Gasteiger partial charge is 0.467 e. The fourth-order valence-corrected chi connectivity index (χ4v) is 3.23. The molecule has 152 valence electrons. The normalized spacial score (nSPS) is 10.7. The van der Waals surface area contributed by atoms with Gasteiger partial charge in [-0.15, -0.1) is 0 Å². The molecular weight excluding hydrogens is 366 g/mol. The van der Waals surface area contributed by atoms with Crippen LogP contribution in [0.5, 0.6) is 0 Å². The second-order valence-corrected chi connectivity index (χ2v) is 7.03. The molecule has 0 fully saturated rings. The summed E-state index contributed by atoms with van der Waals surface area (Å²) in [6.45, 7) is 3.37. The summed E-state index contributed by atoms with van der Waals surface area (Å²) < 4.78 is 7.44. The SMILES string of the molecule is CCCN(CC(=O)N(Cc1ccco1)Cc1cccn1C)C(=O)c1ccccc1. The van der Waals surface area contributed by atoms with Gasteiger partial charge in [-0.05, 0) is 42.8 Å². The van der Waals surface area contributed by atoms with Gasteiger partial charge in [-0.3, -0.25) is 9.59 Å². The Kier molecular flexibility index (Phi) is 6.89. The van der Waals surface area contributed by atoms with E-state index in [0.717, 1.165) is 12.1 Å². The number of hydrogen-bond donors (Lipinski definition) is 0. The van der Waals surface area contributed by atoms with Crippen LogP contribution in [0.3, 0.4) is 0 Å². The second-order valence-electron chi connectivity index (χ2n) is 7.03. The summed E-state index contributed by atoms with van der Waals surface area (Å²) >= 11 is 0. The highest BCUT2D eigenvalue weighted by Gasteiger charge is 2.23. The molecule has 0 unspecified atom stereocenters. The molecule has 0 spiro atoms. The smallest absolute Gasteiger partial charge is 0.254 e. The fraction of sp³-hybridized carbons (Fsp3) is 0.304. The van der Waals surface area contributed by atoms with Crippen molar-refractivity contribution in [3.63, 3.8) is 0 Å². The molecule has 0 bridgehead atoms. The van der Waals surface area contributed by atoms with Crippen LogP contribution in [0.2, 0.25) is 0 Å². The van der Waals surface area contributed by atoms with Crippen LogP contribution in [0.15, 0.2) is 71.5 Å². The zero-order chi connectivity index (χ0) is 20.6. The number of rotatable bonds is 9. The van der Waals surface area contributed by atoms with Crippen LogP contribution in [-0.2, 0) is 24.9 Å². The third-order valence-electron chi connectivity index (χ3n) is 4.81. The van der Waals surface area contributed by atoms with Crippen molar-refractivity contribution >= 4 is 11.8 Å². The number of aryl methyl sites for hydroxylation is 1. The van der Waals surface area contributed by atoms with Gasteiger partial charge < -0.3 is 18.8 Å². The highest BCUT2D eigenvalue weighted by molar-refractivity contribution is 5.96. The molecule has 0 radical (unpaired) electrons. The minimum absolute atomic E-state index is 0.0344. The molecule has 29 heavy (non-hydrogen) atoms. The number of hydrogen-bond acceptors (Lipinski definition) is 3. The molecule has 0 saturated carbocycles. The average molecular weight is 393 g/mol. The predicted molar refractivity (Wildman–Crippen MR) is 111 cm³/mol. The van der Waals surface area contributed by atoms with E-state index in [1.165, 1.54) is 0 Å². The maximum atomic E-state index is 13.2. The van der Waals surface area contributed by atoms with Gasteiger partial charge in [0.05, 0.1) is 19.4 Å². The van der Waals surface area contributed by atoms with Gasteiger partial charge in [0.15, 0.2) is 0 Å². The number of amides is 2. The van der Waals surface area contributed by atoms with E-state index in [9.17, 15) is 9.59 Å². The van der Waals surface area contributed by atoms with Crippen LogP contribution in [0, 0.1) is 0 Å². The Morgan fingerprint density at radius 2 is 1.76 bits per heavy atom. The van der Waals surface area contributed by atoms with Gasteiger partial charge in [-0.2, -0.15) is 0 Å². The summed E-state index contributed by atoms with van der Waals surface area (Å²) in [6.07, 6.45) is 4.33. The molecule has 0 aliphatic heterocycles. The van der Waals surface area contributed by atoms with Crippen molar-refractivity contribution in [1.29, 1.82) is 0 Å². The minimum atomic E-state index is -0.127. The third kappa shape index (κ3) is 5.38. The number of carbonyl (C=O) groups excluding carboxylic acids is 2. The van der Waals surface area contributed by atoms with Gasteiger partial charge in [0, 0.05) is 31.0 Å². The maximum absolute atomic E-state index is 13.2. The summed E-state index contributed by atoms with van der Waals surface area (Å²) in [4.78, 5) is 29.5. The predicted octanol–water partition coefficient (Wildman–Crippen LogP) is 3.70. The quantitative estimate of drug-likeness (QED) is 0.557. The first kappa shape index (κ1) is 20.5. The molecule has 0 atom stereocenters. The molecule has 6 nitrogen and oxygen atoms in total. The van der Waals surface area contributed by atoms with Crippen LogP contribution in [-0.4, -0.2) is 39.3 Å². The van der Waals surface area contributed by atoms with Gasteiger partial charge in [0.25, 0.3) is 5.91 Å². The topological polar surface area (TPSA) is 58.7 Å². The van der Waals surface area contributed by atoms with Crippen molar-refractivity contribution in [2.24, 2.45) is 7.05 Å². The van der Waals surface area contributed by atoms with Gasteiger partial charge in [-0.1, -0.05) is 25.1 Å². The first-order chi connectivity index (χ1) is 14.1. The zero-order valence-electron chi connectivity index (χ0n) is 17.0. The summed E-state index contributed by atoms with van der Waals surface area (Å²) in [5.41, 5.74) is 1.61. The maximum Gasteiger partial charge on any atom is 0.254 e. The summed E-state index contributed by atoms with van der Waals surface area (Å²) in [5.74, 6) is 0.474. The molecule has 0 N–H and O–H groups in total. The van der Waals surface area contributed by atoms with Crippen LogP contribution >= 0.6 is 0 Å². The lowest BCUT2D eigenvalue weighted by Crippen LogP contribution is -2.43. The first-order valence-electron chi connectivity index (χ1n) is 9.83. The highest BCUT2D eigenvalue weighted by Crippen LogP contribution is 2.13. The molecule has 3 aromatic rings. The zero-order valence-corrected chi connectivity index (χ0v) is 17.0. The van der Waals surface area contributed by atoms with E-state index in [1.54, 1.807) is 28.2 Å². The minimum Gasteiger partial charge on any atom is -0.467 e. The van der Waals surface area contributed by atoms with E-state index in [4.69, 9.17) is 4.42 Å². The van der Waals surface area contributed by atoms with Gasteiger partial charge >= 0.3 is 0 Å². The lowest BCUT2D eigenvalue weighted by atomic mass is 10.2. The lowest BCUT2D eigenvalue weighted by Gasteiger charge is -2.27. The van der Waals surface area contributed by atoms with E-state index in [2.05, 4.69) is 0 Å². The Morgan fingerprint density at radius 3 is 2.38 bits per heavy atom. The van der Waals surface area contributed by atoms with E-state index in [-0.39, 0.29) is 18.4 Å². The van der Waals surface area contributed by atoms with Gasteiger partial charge in [-0.25, -0.2) is 0 Å². The van der Waals surface area contributed by atoms with E-state index >= 15 is 0 Å². The van der Waals surface area contributed by atoms with Crippen LogP contribution in [0.1, 0.15) is 35.2 Å². The molecule has 2 aromatic heterocycles. The second kappa shape index (κ2) is 9.78. The van der Waals surface area contributed by atoms with Crippen molar-refractivity contribution < 1.29 is 14.0 Å². The lowest BCUT2D eigenvalue weighted by molar-refractivity contribution is -0.133.